The van der Waals surface area contributed by atoms with Crippen molar-refractivity contribution in [2.45, 2.75) is 45.4 Å². The molecule has 1 heterocycles. The molecular formula is C19H24FN3O3. The fourth-order valence-corrected chi connectivity index (χ4v) is 2.70. The Morgan fingerprint density at radius 2 is 1.77 bits per heavy atom. The third kappa shape index (κ3) is 5.68. The van der Waals surface area contributed by atoms with Crippen LogP contribution in [0.3, 0.4) is 0 Å². The highest BCUT2D eigenvalue weighted by Gasteiger charge is 2.14. The highest BCUT2D eigenvalue weighted by molar-refractivity contribution is 5.95. The number of carboxylic acid groups (broad SMARTS) is 1. The molecule has 0 aliphatic heterocycles. The standard InChI is InChI=1S/C19H24FN3O3/c1-14-17(13-22-23(14)16-10-8-15(20)9-11-16)19(26)21-12-6-4-2-3-5-7-18(24)25/h8-11,13H,2-7,12H2,1H3,(H,21,26)(H,24,25). The zero-order valence-electron chi connectivity index (χ0n) is 14.9. The fourth-order valence-electron chi connectivity index (χ4n) is 2.70. The molecule has 0 unspecified atom stereocenters. The molecule has 26 heavy (non-hydrogen) atoms. The minimum Gasteiger partial charge on any atom is -0.481 e. The lowest BCUT2D eigenvalue weighted by Crippen LogP contribution is -2.24. The SMILES string of the molecule is Cc1c(C(=O)NCCCCCCCC(=O)O)cnn1-c1ccc(F)cc1. The Morgan fingerprint density at radius 3 is 2.46 bits per heavy atom. The van der Waals surface area contributed by atoms with E-state index in [0.29, 0.717) is 29.9 Å². The number of amides is 1. The molecule has 0 radical (unpaired) electrons. The first-order valence-electron chi connectivity index (χ1n) is 8.79. The van der Waals surface area contributed by atoms with Crippen LogP contribution in [0.1, 0.15) is 54.6 Å². The van der Waals surface area contributed by atoms with Crippen molar-refractivity contribution in [1.29, 1.82) is 0 Å². The van der Waals surface area contributed by atoms with Crippen molar-refractivity contribution in [2.24, 2.45) is 0 Å². The quantitative estimate of drug-likeness (QED) is 0.635. The number of unbranched alkanes of at least 4 members (excludes halogenated alkanes) is 4. The zero-order chi connectivity index (χ0) is 18.9. The minimum atomic E-state index is -0.756. The normalized spacial score (nSPS) is 10.7. The maximum absolute atomic E-state index is 13.0. The van der Waals surface area contributed by atoms with E-state index in [1.165, 1.54) is 18.3 Å². The van der Waals surface area contributed by atoms with Crippen molar-refractivity contribution >= 4 is 11.9 Å². The number of hydrogen-bond donors (Lipinski definition) is 2. The van der Waals surface area contributed by atoms with Crippen LogP contribution >= 0.6 is 0 Å². The number of hydrogen-bond acceptors (Lipinski definition) is 3. The molecule has 0 aliphatic carbocycles. The molecule has 0 saturated heterocycles. The highest BCUT2D eigenvalue weighted by atomic mass is 19.1. The summed E-state index contributed by atoms with van der Waals surface area (Å²) in [6, 6.07) is 5.93. The second-order valence-electron chi connectivity index (χ2n) is 6.20. The van der Waals surface area contributed by atoms with Crippen molar-refractivity contribution in [3.05, 3.63) is 47.5 Å². The number of carbonyl (C=O) groups is 2. The average Bonchev–Trinajstić information content (AvgIpc) is 2.99. The van der Waals surface area contributed by atoms with Gasteiger partial charge in [0.05, 0.1) is 23.1 Å². The molecule has 1 amide bonds. The van der Waals surface area contributed by atoms with Crippen LogP contribution in [0, 0.1) is 12.7 Å². The van der Waals surface area contributed by atoms with Gasteiger partial charge in [-0.25, -0.2) is 9.07 Å². The van der Waals surface area contributed by atoms with Crippen LogP contribution in [-0.4, -0.2) is 33.3 Å². The lowest BCUT2D eigenvalue weighted by molar-refractivity contribution is -0.137. The summed E-state index contributed by atoms with van der Waals surface area (Å²) in [5, 5.41) is 15.7. The van der Waals surface area contributed by atoms with Gasteiger partial charge in [0.15, 0.2) is 0 Å². The first kappa shape index (κ1) is 19.6. The van der Waals surface area contributed by atoms with Crippen LogP contribution in [0.25, 0.3) is 5.69 Å². The number of aliphatic carboxylic acids is 1. The lowest BCUT2D eigenvalue weighted by Gasteiger charge is -2.07. The van der Waals surface area contributed by atoms with Crippen LogP contribution in [0.4, 0.5) is 4.39 Å². The van der Waals surface area contributed by atoms with Crippen molar-refractivity contribution < 1.29 is 19.1 Å². The van der Waals surface area contributed by atoms with E-state index in [1.54, 1.807) is 23.7 Å². The van der Waals surface area contributed by atoms with Gasteiger partial charge >= 0.3 is 5.97 Å². The Hall–Kier alpha value is -2.70. The first-order valence-corrected chi connectivity index (χ1v) is 8.79. The van der Waals surface area contributed by atoms with E-state index in [4.69, 9.17) is 5.11 Å². The van der Waals surface area contributed by atoms with Gasteiger partial charge in [0.1, 0.15) is 5.82 Å². The molecule has 0 fully saturated rings. The van der Waals surface area contributed by atoms with Gasteiger partial charge in [-0.3, -0.25) is 9.59 Å². The number of carbonyl (C=O) groups excluding carboxylic acids is 1. The van der Waals surface area contributed by atoms with Crippen molar-refractivity contribution in [2.75, 3.05) is 6.54 Å². The molecule has 2 rings (SSSR count). The van der Waals surface area contributed by atoms with Gasteiger partial charge in [-0.15, -0.1) is 0 Å². The van der Waals surface area contributed by atoms with Gasteiger partial charge in [-0.05, 0) is 44.0 Å². The summed E-state index contributed by atoms with van der Waals surface area (Å²) < 4.78 is 14.6. The van der Waals surface area contributed by atoms with E-state index in [9.17, 15) is 14.0 Å². The monoisotopic (exact) mass is 361 g/mol. The fraction of sp³-hybridized carbons (Fsp3) is 0.421. The maximum Gasteiger partial charge on any atom is 0.303 e. The predicted octanol–water partition coefficient (Wildman–Crippen LogP) is 3.47. The Bertz CT molecular complexity index is 741. The van der Waals surface area contributed by atoms with Gasteiger partial charge in [0, 0.05) is 13.0 Å². The summed E-state index contributed by atoms with van der Waals surface area (Å²) in [4.78, 5) is 22.7. The molecule has 0 spiro atoms. The summed E-state index contributed by atoms with van der Waals surface area (Å²) in [5.41, 5.74) is 1.89. The Balaban J connectivity index is 1.76. The Labute approximate surface area is 152 Å². The summed E-state index contributed by atoms with van der Waals surface area (Å²) in [5.74, 6) is -1.25. The second-order valence-corrected chi connectivity index (χ2v) is 6.20. The van der Waals surface area contributed by atoms with Crippen molar-refractivity contribution in [3.8, 4) is 5.69 Å². The predicted molar refractivity (Wildman–Crippen MR) is 95.9 cm³/mol. The maximum atomic E-state index is 13.0. The minimum absolute atomic E-state index is 0.179. The second kappa shape index (κ2) is 9.70. The molecule has 2 N–H and O–H groups in total. The molecule has 0 atom stereocenters. The van der Waals surface area contributed by atoms with E-state index < -0.39 is 5.97 Å². The third-order valence-electron chi connectivity index (χ3n) is 4.18. The van der Waals surface area contributed by atoms with Gasteiger partial charge < -0.3 is 10.4 Å². The summed E-state index contributed by atoms with van der Waals surface area (Å²) >= 11 is 0. The first-order chi connectivity index (χ1) is 12.5. The molecule has 2 aromatic rings. The number of nitrogens with zero attached hydrogens (tertiary/aromatic N) is 2. The molecule has 1 aromatic heterocycles. The molecule has 140 valence electrons. The van der Waals surface area contributed by atoms with Gasteiger partial charge in [0.25, 0.3) is 5.91 Å². The largest absolute Gasteiger partial charge is 0.481 e. The zero-order valence-corrected chi connectivity index (χ0v) is 14.9. The molecule has 0 saturated carbocycles. The van der Waals surface area contributed by atoms with E-state index in [-0.39, 0.29) is 18.1 Å². The summed E-state index contributed by atoms with van der Waals surface area (Å²) in [7, 11) is 0. The topological polar surface area (TPSA) is 84.2 Å². The van der Waals surface area contributed by atoms with Crippen molar-refractivity contribution in [3.63, 3.8) is 0 Å². The summed E-state index contributed by atoms with van der Waals surface area (Å²) in [6.07, 6.45) is 6.09. The average molecular weight is 361 g/mol. The number of benzene rings is 1. The van der Waals surface area contributed by atoms with Crippen LogP contribution in [0.15, 0.2) is 30.5 Å². The highest BCUT2D eigenvalue weighted by Crippen LogP contribution is 2.14. The van der Waals surface area contributed by atoms with Gasteiger partial charge in [-0.2, -0.15) is 5.10 Å². The molecule has 0 bridgehead atoms. The van der Waals surface area contributed by atoms with E-state index in [1.807, 2.05) is 0 Å². The Morgan fingerprint density at radius 1 is 1.12 bits per heavy atom. The van der Waals surface area contributed by atoms with E-state index in [2.05, 4.69) is 10.4 Å². The smallest absolute Gasteiger partial charge is 0.303 e. The number of rotatable bonds is 10. The molecule has 6 nitrogen and oxygen atoms in total. The van der Waals surface area contributed by atoms with Crippen molar-refractivity contribution in [1.82, 2.24) is 15.1 Å². The molecule has 1 aromatic carbocycles. The van der Waals surface area contributed by atoms with Crippen LogP contribution in [-0.2, 0) is 4.79 Å². The van der Waals surface area contributed by atoms with E-state index in [0.717, 1.165) is 25.7 Å². The Kier molecular flexibility index (Phi) is 7.32. The van der Waals surface area contributed by atoms with Crippen LogP contribution < -0.4 is 5.32 Å². The lowest BCUT2D eigenvalue weighted by atomic mass is 10.1. The number of aromatic nitrogens is 2. The summed E-state index contributed by atoms with van der Waals surface area (Å²) in [6.45, 7) is 2.37. The number of halogens is 1. The van der Waals surface area contributed by atoms with Crippen LogP contribution in [0.5, 0.6) is 0 Å². The number of nitrogens with one attached hydrogen (secondary N) is 1. The van der Waals surface area contributed by atoms with E-state index >= 15 is 0 Å². The molecular weight excluding hydrogens is 337 g/mol. The number of carboxylic acids is 1. The van der Waals surface area contributed by atoms with Gasteiger partial charge in [0.2, 0.25) is 0 Å². The molecule has 0 aliphatic rings. The van der Waals surface area contributed by atoms with Gasteiger partial charge in [-0.1, -0.05) is 19.3 Å². The molecule has 7 heteroatoms. The third-order valence-corrected chi connectivity index (χ3v) is 4.18. The van der Waals surface area contributed by atoms with Crippen LogP contribution in [0.2, 0.25) is 0 Å².